The van der Waals surface area contributed by atoms with Crippen molar-refractivity contribution < 1.29 is 19.1 Å². The molecule has 1 spiro atoms. The predicted octanol–water partition coefficient (Wildman–Crippen LogP) is -0.150. The van der Waals surface area contributed by atoms with Gasteiger partial charge in [-0.1, -0.05) is 11.6 Å². The lowest BCUT2D eigenvalue weighted by molar-refractivity contribution is -0.221. The maximum absolute atomic E-state index is 11.7. The molecule has 1 fully saturated rings. The van der Waals surface area contributed by atoms with Crippen LogP contribution in [0.2, 0.25) is 5.15 Å². The van der Waals surface area contributed by atoms with Crippen LogP contribution in [0.1, 0.15) is 0 Å². The largest absolute Gasteiger partial charge is 0.399 e. The van der Waals surface area contributed by atoms with Crippen LogP contribution >= 0.6 is 11.6 Å². The third-order valence-corrected chi connectivity index (χ3v) is 3.24. The van der Waals surface area contributed by atoms with Gasteiger partial charge in [0, 0.05) is 25.2 Å². The molecule has 2 aliphatic rings. The van der Waals surface area contributed by atoms with Gasteiger partial charge in [-0.05, 0) is 12.1 Å². The zero-order valence-corrected chi connectivity index (χ0v) is 11.5. The van der Waals surface area contributed by atoms with E-state index < -0.39 is 17.8 Å². The molecule has 9 heteroatoms. The number of rotatable bonds is 1. The lowest BCUT2D eigenvalue weighted by Gasteiger charge is -2.43. The standard InChI is InChI=1S/C12H11ClN4O4/c13-8-1-2-9(16-15-8)17-6-5-14-7-12(17)20-10(18)3-4-11(19)21-12/h1-4,14H,5-7H2. The SMILES string of the molecule is O=C1C=CC(=O)OC2(CNCCN2c2ccc(Cl)nn2)O1. The van der Waals surface area contributed by atoms with Crippen LogP contribution in [0.5, 0.6) is 0 Å². The quantitative estimate of drug-likeness (QED) is 0.716. The minimum atomic E-state index is -1.58. The fraction of sp³-hybridized carbons (Fsp3) is 0.333. The molecule has 3 heterocycles. The molecule has 0 radical (unpaired) electrons. The van der Waals surface area contributed by atoms with E-state index in [0.717, 1.165) is 12.2 Å². The fourth-order valence-electron chi connectivity index (χ4n) is 2.17. The summed E-state index contributed by atoms with van der Waals surface area (Å²) >= 11 is 5.72. The molecule has 0 saturated carbocycles. The van der Waals surface area contributed by atoms with Gasteiger partial charge in [-0.25, -0.2) is 9.59 Å². The molecule has 0 aromatic carbocycles. The maximum Gasteiger partial charge on any atom is 0.357 e. The molecule has 0 atom stereocenters. The van der Waals surface area contributed by atoms with Gasteiger partial charge in [0.15, 0.2) is 11.0 Å². The second kappa shape index (κ2) is 5.30. The number of esters is 2. The van der Waals surface area contributed by atoms with Crippen LogP contribution in [0.3, 0.4) is 0 Å². The smallest absolute Gasteiger partial charge is 0.357 e. The highest BCUT2D eigenvalue weighted by Gasteiger charge is 2.48. The molecule has 0 bridgehead atoms. The number of aromatic nitrogens is 2. The minimum absolute atomic E-state index is 0.121. The summed E-state index contributed by atoms with van der Waals surface area (Å²) in [6, 6.07) is 3.17. The number of nitrogens with zero attached hydrogens (tertiary/aromatic N) is 3. The van der Waals surface area contributed by atoms with Crippen LogP contribution in [0.25, 0.3) is 0 Å². The Morgan fingerprint density at radius 3 is 2.52 bits per heavy atom. The van der Waals surface area contributed by atoms with Crippen LogP contribution in [-0.4, -0.2) is 47.7 Å². The Bertz CT molecular complexity index is 584. The van der Waals surface area contributed by atoms with E-state index in [0.29, 0.717) is 18.9 Å². The van der Waals surface area contributed by atoms with E-state index in [9.17, 15) is 9.59 Å². The van der Waals surface area contributed by atoms with Crippen LogP contribution in [0.15, 0.2) is 24.3 Å². The van der Waals surface area contributed by atoms with Crippen LogP contribution < -0.4 is 10.2 Å². The Morgan fingerprint density at radius 2 is 1.90 bits per heavy atom. The molecule has 0 unspecified atom stereocenters. The Morgan fingerprint density at radius 1 is 1.19 bits per heavy atom. The first-order valence-electron chi connectivity index (χ1n) is 6.21. The molecule has 110 valence electrons. The van der Waals surface area contributed by atoms with Crippen molar-refractivity contribution in [2.24, 2.45) is 0 Å². The van der Waals surface area contributed by atoms with Crippen LogP contribution in [-0.2, 0) is 19.1 Å². The van der Waals surface area contributed by atoms with Crippen molar-refractivity contribution >= 4 is 29.4 Å². The van der Waals surface area contributed by atoms with Gasteiger partial charge >= 0.3 is 17.8 Å². The van der Waals surface area contributed by atoms with Crippen molar-refractivity contribution in [3.8, 4) is 0 Å². The zero-order valence-electron chi connectivity index (χ0n) is 10.8. The number of hydrogen-bond acceptors (Lipinski definition) is 8. The highest BCUT2D eigenvalue weighted by molar-refractivity contribution is 6.29. The van der Waals surface area contributed by atoms with Gasteiger partial charge in [0.2, 0.25) is 0 Å². The van der Waals surface area contributed by atoms with Crippen molar-refractivity contribution in [3.63, 3.8) is 0 Å². The van der Waals surface area contributed by atoms with Gasteiger partial charge < -0.3 is 14.8 Å². The van der Waals surface area contributed by atoms with Crippen molar-refractivity contribution in [2.75, 3.05) is 24.5 Å². The van der Waals surface area contributed by atoms with Gasteiger partial charge in [-0.3, -0.25) is 4.90 Å². The van der Waals surface area contributed by atoms with Crippen LogP contribution in [0, 0.1) is 0 Å². The first-order valence-corrected chi connectivity index (χ1v) is 6.58. The zero-order chi connectivity index (χ0) is 14.9. The van der Waals surface area contributed by atoms with Gasteiger partial charge in [0.05, 0.1) is 6.54 Å². The summed E-state index contributed by atoms with van der Waals surface area (Å²) in [6.45, 7) is 1.14. The summed E-state index contributed by atoms with van der Waals surface area (Å²) in [6.07, 6.45) is 2.05. The molecule has 3 rings (SSSR count). The number of halogens is 1. The Kier molecular flexibility index (Phi) is 3.48. The average molecular weight is 311 g/mol. The molecule has 8 nitrogen and oxygen atoms in total. The minimum Gasteiger partial charge on any atom is -0.399 e. The fourth-order valence-corrected chi connectivity index (χ4v) is 2.27. The normalized spacial score (nSPS) is 20.9. The monoisotopic (exact) mass is 310 g/mol. The van der Waals surface area contributed by atoms with Crippen molar-refractivity contribution in [1.82, 2.24) is 15.5 Å². The molecule has 1 aromatic rings. The second-order valence-electron chi connectivity index (χ2n) is 4.43. The number of carbonyl (C=O) groups is 2. The number of piperazine rings is 1. The Labute approximate surface area is 124 Å². The first kappa shape index (κ1) is 13.8. The van der Waals surface area contributed by atoms with Gasteiger partial charge in [0.1, 0.15) is 0 Å². The number of carbonyl (C=O) groups excluding carboxylic acids is 2. The number of ether oxygens (including phenoxy) is 2. The molecule has 1 aromatic heterocycles. The third kappa shape index (κ3) is 2.67. The summed E-state index contributed by atoms with van der Waals surface area (Å²) in [4.78, 5) is 24.9. The lowest BCUT2D eigenvalue weighted by atomic mass is 10.2. The summed E-state index contributed by atoms with van der Waals surface area (Å²) in [5, 5.41) is 11.0. The first-order chi connectivity index (χ1) is 10.1. The van der Waals surface area contributed by atoms with Gasteiger partial charge in [0.25, 0.3) is 0 Å². The molecule has 1 saturated heterocycles. The summed E-state index contributed by atoms with van der Waals surface area (Å²) in [5.41, 5.74) is 0. The van der Waals surface area contributed by atoms with Crippen molar-refractivity contribution in [1.29, 1.82) is 0 Å². The molecule has 0 amide bonds. The van der Waals surface area contributed by atoms with E-state index in [-0.39, 0.29) is 11.7 Å². The van der Waals surface area contributed by atoms with E-state index in [1.165, 1.54) is 0 Å². The summed E-state index contributed by atoms with van der Waals surface area (Å²) < 4.78 is 10.6. The number of hydrogen-bond donors (Lipinski definition) is 1. The molecular weight excluding hydrogens is 300 g/mol. The van der Waals surface area contributed by atoms with E-state index in [1.54, 1.807) is 17.0 Å². The Balaban J connectivity index is 1.98. The number of nitrogens with one attached hydrogen (secondary N) is 1. The maximum atomic E-state index is 11.7. The van der Waals surface area contributed by atoms with Crippen molar-refractivity contribution in [2.45, 2.75) is 5.91 Å². The van der Waals surface area contributed by atoms with E-state index in [4.69, 9.17) is 21.1 Å². The third-order valence-electron chi connectivity index (χ3n) is 3.04. The summed E-state index contributed by atoms with van der Waals surface area (Å²) in [5.74, 6) is -2.53. The van der Waals surface area contributed by atoms with E-state index >= 15 is 0 Å². The van der Waals surface area contributed by atoms with Crippen LogP contribution in [0.4, 0.5) is 5.82 Å². The van der Waals surface area contributed by atoms with E-state index in [2.05, 4.69) is 15.5 Å². The number of anilines is 1. The van der Waals surface area contributed by atoms with E-state index in [1.807, 2.05) is 0 Å². The van der Waals surface area contributed by atoms with Gasteiger partial charge in [-0.15, -0.1) is 10.2 Å². The lowest BCUT2D eigenvalue weighted by Crippen LogP contribution is -2.65. The highest BCUT2D eigenvalue weighted by atomic mass is 35.5. The van der Waals surface area contributed by atoms with Crippen molar-refractivity contribution in [3.05, 3.63) is 29.4 Å². The van der Waals surface area contributed by atoms with Gasteiger partial charge in [-0.2, -0.15) is 0 Å². The Hall–Kier alpha value is -2.19. The predicted molar refractivity (Wildman–Crippen MR) is 71.3 cm³/mol. The summed E-state index contributed by atoms with van der Waals surface area (Å²) in [7, 11) is 0. The highest BCUT2D eigenvalue weighted by Crippen LogP contribution is 2.28. The second-order valence-corrected chi connectivity index (χ2v) is 4.82. The topological polar surface area (TPSA) is 93.7 Å². The molecular formula is C12H11ClN4O4. The molecule has 1 N–H and O–H groups in total. The molecule has 2 aliphatic heterocycles. The molecule has 21 heavy (non-hydrogen) atoms. The average Bonchev–Trinajstić information content (AvgIpc) is 2.60. The molecule has 0 aliphatic carbocycles.